The maximum atomic E-state index is 12.2. The van der Waals surface area contributed by atoms with E-state index in [0.29, 0.717) is 19.6 Å². The van der Waals surface area contributed by atoms with Gasteiger partial charge < -0.3 is 9.64 Å². The van der Waals surface area contributed by atoms with E-state index in [4.69, 9.17) is 0 Å². The van der Waals surface area contributed by atoms with Crippen molar-refractivity contribution >= 4 is 11.5 Å². The van der Waals surface area contributed by atoms with Crippen LogP contribution in [0.1, 0.15) is 11.1 Å². The van der Waals surface area contributed by atoms with Crippen LogP contribution in [0.3, 0.4) is 0 Å². The van der Waals surface area contributed by atoms with E-state index in [0.717, 1.165) is 30.0 Å². The Hall–Kier alpha value is -2.88. The van der Waals surface area contributed by atoms with E-state index in [1.807, 2.05) is 0 Å². The van der Waals surface area contributed by atoms with E-state index in [1.54, 1.807) is 19.1 Å². The van der Waals surface area contributed by atoms with Gasteiger partial charge in [0.2, 0.25) is 0 Å². The van der Waals surface area contributed by atoms with Crippen LogP contribution in [-0.2, 0) is 6.54 Å². The SMILES string of the molecule is Cc1cc([N+](=O)[O-])cnc1N1CCN(Cc2ccc(OC(F)(F)F)cc2)CC1. The number of halogens is 3. The number of piperazine rings is 1. The summed E-state index contributed by atoms with van der Waals surface area (Å²) in [5.74, 6) is 0.500. The van der Waals surface area contributed by atoms with Crippen LogP contribution in [0.5, 0.6) is 5.75 Å². The van der Waals surface area contributed by atoms with Crippen molar-refractivity contribution in [3.63, 3.8) is 0 Å². The van der Waals surface area contributed by atoms with Crippen molar-refractivity contribution in [2.45, 2.75) is 19.8 Å². The summed E-state index contributed by atoms with van der Waals surface area (Å²) >= 11 is 0. The summed E-state index contributed by atoms with van der Waals surface area (Å²) in [5, 5.41) is 10.8. The Morgan fingerprint density at radius 1 is 1.18 bits per heavy atom. The van der Waals surface area contributed by atoms with Gasteiger partial charge in [0, 0.05) is 38.8 Å². The summed E-state index contributed by atoms with van der Waals surface area (Å²) in [6, 6.07) is 7.37. The number of nitrogens with zero attached hydrogens (tertiary/aromatic N) is 4. The number of aryl methyl sites for hydroxylation is 1. The molecule has 0 radical (unpaired) electrons. The topological polar surface area (TPSA) is 71.7 Å². The molecule has 0 amide bonds. The summed E-state index contributed by atoms with van der Waals surface area (Å²) in [6.45, 7) is 5.33. The van der Waals surface area contributed by atoms with Crippen molar-refractivity contribution in [2.24, 2.45) is 0 Å². The molecule has 1 saturated heterocycles. The quantitative estimate of drug-likeness (QED) is 0.569. The maximum absolute atomic E-state index is 12.2. The standard InChI is InChI=1S/C18H19F3N4O3/c1-13-10-15(25(26)27)11-22-17(13)24-8-6-23(7-9-24)12-14-2-4-16(5-3-14)28-18(19,20)21/h2-5,10-11H,6-9,12H2,1H3. The van der Waals surface area contributed by atoms with Crippen LogP contribution >= 0.6 is 0 Å². The van der Waals surface area contributed by atoms with Crippen molar-refractivity contribution in [3.8, 4) is 5.75 Å². The minimum absolute atomic E-state index is 0.0298. The van der Waals surface area contributed by atoms with E-state index in [2.05, 4.69) is 19.5 Å². The first-order valence-corrected chi connectivity index (χ1v) is 8.64. The zero-order chi connectivity index (χ0) is 20.3. The highest BCUT2D eigenvalue weighted by molar-refractivity contribution is 5.50. The second kappa shape index (κ2) is 8.01. The average Bonchev–Trinajstić information content (AvgIpc) is 2.63. The van der Waals surface area contributed by atoms with Gasteiger partial charge in [-0.1, -0.05) is 12.1 Å². The molecule has 0 N–H and O–H groups in total. The third kappa shape index (κ3) is 5.10. The number of rotatable bonds is 5. The van der Waals surface area contributed by atoms with E-state index in [9.17, 15) is 23.3 Å². The molecular weight excluding hydrogens is 377 g/mol. The van der Waals surface area contributed by atoms with Gasteiger partial charge in [0.05, 0.1) is 4.92 Å². The van der Waals surface area contributed by atoms with E-state index >= 15 is 0 Å². The Morgan fingerprint density at radius 3 is 2.36 bits per heavy atom. The van der Waals surface area contributed by atoms with E-state index < -0.39 is 11.3 Å². The molecule has 1 aromatic carbocycles. The minimum Gasteiger partial charge on any atom is -0.406 e. The monoisotopic (exact) mass is 396 g/mol. The average molecular weight is 396 g/mol. The Morgan fingerprint density at radius 2 is 1.82 bits per heavy atom. The number of ether oxygens (including phenoxy) is 1. The maximum Gasteiger partial charge on any atom is 0.573 e. The van der Waals surface area contributed by atoms with Crippen molar-refractivity contribution in [1.29, 1.82) is 0 Å². The highest BCUT2D eigenvalue weighted by Crippen LogP contribution is 2.25. The molecule has 0 spiro atoms. The molecule has 0 unspecified atom stereocenters. The summed E-state index contributed by atoms with van der Waals surface area (Å²) in [5.41, 5.74) is 1.62. The molecule has 0 aliphatic carbocycles. The predicted molar refractivity (Wildman–Crippen MR) is 96.2 cm³/mol. The highest BCUT2D eigenvalue weighted by Gasteiger charge is 2.31. The largest absolute Gasteiger partial charge is 0.573 e. The fourth-order valence-corrected chi connectivity index (χ4v) is 3.16. The molecule has 0 saturated carbocycles. The number of alkyl halides is 3. The Kier molecular flexibility index (Phi) is 5.68. The Bertz CT molecular complexity index is 835. The molecule has 1 aliphatic heterocycles. The van der Waals surface area contributed by atoms with Crippen LogP contribution in [0.15, 0.2) is 36.5 Å². The van der Waals surface area contributed by atoms with Gasteiger partial charge in [0.15, 0.2) is 0 Å². The lowest BCUT2D eigenvalue weighted by molar-refractivity contribution is -0.385. The Labute approximate surface area is 159 Å². The first-order chi connectivity index (χ1) is 13.2. The van der Waals surface area contributed by atoms with E-state index in [-0.39, 0.29) is 11.4 Å². The number of nitro groups is 1. The van der Waals surface area contributed by atoms with Crippen molar-refractivity contribution in [3.05, 3.63) is 57.8 Å². The summed E-state index contributed by atoms with van der Waals surface area (Å²) in [6.07, 6.45) is -3.43. The van der Waals surface area contributed by atoms with Crippen LogP contribution in [-0.4, -0.2) is 47.3 Å². The fourth-order valence-electron chi connectivity index (χ4n) is 3.16. The third-order valence-electron chi connectivity index (χ3n) is 4.48. The minimum atomic E-state index is -4.69. The molecule has 10 heteroatoms. The van der Waals surface area contributed by atoms with Crippen LogP contribution in [0, 0.1) is 17.0 Å². The molecule has 1 aliphatic rings. The van der Waals surface area contributed by atoms with Gasteiger partial charge in [-0.3, -0.25) is 15.0 Å². The van der Waals surface area contributed by atoms with Crippen molar-refractivity contribution in [1.82, 2.24) is 9.88 Å². The first kappa shape index (κ1) is 19.9. The molecule has 3 rings (SSSR count). The van der Waals surface area contributed by atoms with Gasteiger partial charge >= 0.3 is 6.36 Å². The van der Waals surface area contributed by atoms with Gasteiger partial charge in [0.25, 0.3) is 5.69 Å². The second-order valence-electron chi connectivity index (χ2n) is 6.55. The van der Waals surface area contributed by atoms with Crippen LogP contribution in [0.4, 0.5) is 24.7 Å². The summed E-state index contributed by atoms with van der Waals surface area (Å²) < 4.78 is 40.5. The van der Waals surface area contributed by atoms with Gasteiger partial charge in [-0.2, -0.15) is 0 Å². The fraction of sp³-hybridized carbons (Fsp3) is 0.389. The Balaban J connectivity index is 1.55. The lowest BCUT2D eigenvalue weighted by Gasteiger charge is -2.36. The number of hydrogen-bond donors (Lipinski definition) is 0. The molecule has 2 heterocycles. The molecule has 1 aromatic heterocycles. The highest BCUT2D eigenvalue weighted by atomic mass is 19.4. The first-order valence-electron chi connectivity index (χ1n) is 8.64. The predicted octanol–water partition coefficient (Wildman–Crippen LogP) is 3.52. The lowest BCUT2D eigenvalue weighted by Crippen LogP contribution is -2.46. The van der Waals surface area contributed by atoms with Crippen LogP contribution < -0.4 is 9.64 Å². The molecular formula is C18H19F3N4O3. The molecule has 150 valence electrons. The molecule has 0 bridgehead atoms. The smallest absolute Gasteiger partial charge is 0.406 e. The lowest BCUT2D eigenvalue weighted by atomic mass is 10.2. The summed E-state index contributed by atoms with van der Waals surface area (Å²) in [4.78, 5) is 18.9. The van der Waals surface area contributed by atoms with E-state index in [1.165, 1.54) is 24.4 Å². The molecule has 28 heavy (non-hydrogen) atoms. The molecule has 0 atom stereocenters. The van der Waals surface area contributed by atoms with Crippen molar-refractivity contribution < 1.29 is 22.8 Å². The van der Waals surface area contributed by atoms with Gasteiger partial charge in [-0.15, -0.1) is 13.2 Å². The normalized spacial score (nSPS) is 15.5. The van der Waals surface area contributed by atoms with Gasteiger partial charge in [-0.05, 0) is 30.2 Å². The van der Waals surface area contributed by atoms with Crippen LogP contribution in [0.25, 0.3) is 0 Å². The van der Waals surface area contributed by atoms with Gasteiger partial charge in [0.1, 0.15) is 17.8 Å². The number of aromatic nitrogens is 1. The zero-order valence-corrected chi connectivity index (χ0v) is 15.1. The third-order valence-corrected chi connectivity index (χ3v) is 4.48. The number of anilines is 1. The second-order valence-corrected chi connectivity index (χ2v) is 6.55. The summed E-state index contributed by atoms with van der Waals surface area (Å²) in [7, 11) is 0. The zero-order valence-electron chi connectivity index (χ0n) is 15.1. The number of hydrogen-bond acceptors (Lipinski definition) is 6. The van der Waals surface area contributed by atoms with Gasteiger partial charge in [-0.25, -0.2) is 4.98 Å². The number of pyridine rings is 1. The van der Waals surface area contributed by atoms with Crippen LogP contribution in [0.2, 0.25) is 0 Å². The van der Waals surface area contributed by atoms with Crippen molar-refractivity contribution in [2.75, 3.05) is 31.1 Å². The molecule has 2 aromatic rings. The number of benzene rings is 1. The molecule has 1 fully saturated rings. The molecule has 7 nitrogen and oxygen atoms in total.